The third-order valence-electron chi connectivity index (χ3n) is 2.68. The zero-order valence-corrected chi connectivity index (χ0v) is 8.04. The minimum Gasteiger partial charge on any atom is -0.469 e. The predicted molar refractivity (Wildman–Crippen MR) is 50.7 cm³/mol. The molecular weight excluding hydrogens is 182 g/mol. The number of nitrogens with one attached hydrogen (secondary N) is 1. The first-order valence-corrected chi connectivity index (χ1v) is 4.64. The Balaban J connectivity index is 2.36. The fourth-order valence-corrected chi connectivity index (χ4v) is 1.95. The van der Waals surface area contributed by atoms with Crippen LogP contribution in [0.2, 0.25) is 0 Å². The number of aromatic amines is 1. The molecule has 0 aromatic carbocycles. The molecular formula is C9H13N3O2. The highest BCUT2D eigenvalue weighted by atomic mass is 16.5. The van der Waals surface area contributed by atoms with Crippen molar-refractivity contribution < 1.29 is 9.53 Å². The van der Waals surface area contributed by atoms with Crippen molar-refractivity contribution in [1.29, 1.82) is 0 Å². The molecule has 1 heterocycles. The monoisotopic (exact) mass is 195 g/mol. The number of hydrogen-bond acceptors (Lipinski definition) is 4. The van der Waals surface area contributed by atoms with Gasteiger partial charge in [-0.2, -0.15) is 5.10 Å². The van der Waals surface area contributed by atoms with Crippen LogP contribution in [0, 0.1) is 0 Å². The smallest absolute Gasteiger partial charge is 0.314 e. The zero-order chi connectivity index (χ0) is 10.1. The molecule has 1 aromatic heterocycles. The van der Waals surface area contributed by atoms with Gasteiger partial charge >= 0.3 is 5.97 Å². The van der Waals surface area contributed by atoms with Gasteiger partial charge in [-0.05, 0) is 19.3 Å². The van der Waals surface area contributed by atoms with E-state index in [4.69, 9.17) is 10.5 Å². The lowest BCUT2D eigenvalue weighted by molar-refractivity contribution is -0.142. The number of hydrogen-bond donors (Lipinski definition) is 2. The lowest BCUT2D eigenvalue weighted by atomic mass is 9.87. The van der Waals surface area contributed by atoms with Gasteiger partial charge in [-0.25, -0.2) is 0 Å². The maximum atomic E-state index is 11.4. The number of anilines is 1. The van der Waals surface area contributed by atoms with E-state index in [2.05, 4.69) is 10.2 Å². The maximum absolute atomic E-state index is 11.4. The molecule has 1 aromatic rings. The summed E-state index contributed by atoms with van der Waals surface area (Å²) < 4.78 is 4.73. The van der Waals surface area contributed by atoms with Crippen LogP contribution in [-0.2, 0) is 16.0 Å². The number of methoxy groups -OCH3 is 1. The molecule has 1 aliphatic carbocycles. The second kappa shape index (κ2) is 3.32. The topological polar surface area (TPSA) is 81.0 Å². The van der Waals surface area contributed by atoms with E-state index in [9.17, 15) is 4.79 Å². The van der Waals surface area contributed by atoms with Crippen molar-refractivity contribution in [2.24, 2.45) is 0 Å². The first kappa shape index (κ1) is 9.05. The summed E-state index contributed by atoms with van der Waals surface area (Å²) in [6.45, 7) is 0. The third-order valence-corrected chi connectivity index (χ3v) is 2.68. The summed E-state index contributed by atoms with van der Waals surface area (Å²) in [6.07, 6.45) is 2.66. The third kappa shape index (κ3) is 1.25. The Bertz CT molecular complexity index is 359. The van der Waals surface area contributed by atoms with E-state index in [0.717, 1.165) is 30.5 Å². The van der Waals surface area contributed by atoms with Gasteiger partial charge in [0.15, 0.2) is 0 Å². The highest BCUT2D eigenvalue weighted by Gasteiger charge is 2.30. The average Bonchev–Trinajstić information content (AvgIpc) is 2.59. The number of nitrogens with two attached hydrogens (primary N) is 1. The Morgan fingerprint density at radius 2 is 2.50 bits per heavy atom. The summed E-state index contributed by atoms with van der Waals surface area (Å²) in [6, 6.07) is 0. The number of esters is 1. The van der Waals surface area contributed by atoms with Gasteiger partial charge in [0.2, 0.25) is 0 Å². The van der Waals surface area contributed by atoms with Crippen LogP contribution in [0.3, 0.4) is 0 Å². The minimum atomic E-state index is -0.214. The first-order valence-electron chi connectivity index (χ1n) is 4.64. The Kier molecular flexibility index (Phi) is 2.15. The number of nitrogen functional groups attached to an aromatic ring is 1. The van der Waals surface area contributed by atoms with Crippen molar-refractivity contribution in [2.75, 3.05) is 12.8 Å². The highest BCUT2D eigenvalue weighted by molar-refractivity contribution is 5.78. The van der Waals surface area contributed by atoms with Crippen molar-refractivity contribution in [2.45, 2.75) is 25.2 Å². The molecule has 1 atom stereocenters. The normalized spacial score (nSPS) is 20.2. The first-order chi connectivity index (χ1) is 6.74. The van der Waals surface area contributed by atoms with Crippen molar-refractivity contribution in [1.82, 2.24) is 10.2 Å². The number of H-pyrrole nitrogens is 1. The second-order valence-electron chi connectivity index (χ2n) is 3.47. The molecule has 14 heavy (non-hydrogen) atoms. The SMILES string of the molecule is COC(=O)C1CCCc2c(N)n[nH]c21. The molecule has 3 N–H and O–H groups in total. The van der Waals surface area contributed by atoms with Crippen LogP contribution in [0.1, 0.15) is 30.0 Å². The van der Waals surface area contributed by atoms with Crippen molar-refractivity contribution in [3.8, 4) is 0 Å². The van der Waals surface area contributed by atoms with Gasteiger partial charge in [0.25, 0.3) is 0 Å². The fraction of sp³-hybridized carbons (Fsp3) is 0.556. The van der Waals surface area contributed by atoms with Crippen LogP contribution in [0.5, 0.6) is 0 Å². The molecule has 0 amide bonds. The lowest BCUT2D eigenvalue weighted by Crippen LogP contribution is -2.19. The quantitative estimate of drug-likeness (QED) is 0.642. The molecule has 0 bridgehead atoms. The molecule has 0 fully saturated rings. The van der Waals surface area contributed by atoms with Gasteiger partial charge in [0.05, 0.1) is 18.7 Å². The molecule has 2 rings (SSSR count). The molecule has 0 saturated carbocycles. The molecule has 1 unspecified atom stereocenters. The van der Waals surface area contributed by atoms with Gasteiger partial charge in [-0.3, -0.25) is 9.89 Å². The minimum absolute atomic E-state index is 0.213. The van der Waals surface area contributed by atoms with Gasteiger partial charge in [-0.15, -0.1) is 0 Å². The number of rotatable bonds is 1. The molecule has 0 spiro atoms. The van der Waals surface area contributed by atoms with Crippen molar-refractivity contribution in [3.05, 3.63) is 11.3 Å². The second-order valence-corrected chi connectivity index (χ2v) is 3.47. The molecule has 5 heteroatoms. The van der Waals surface area contributed by atoms with Gasteiger partial charge in [-0.1, -0.05) is 0 Å². The molecule has 0 saturated heterocycles. The van der Waals surface area contributed by atoms with Crippen LogP contribution >= 0.6 is 0 Å². The standard InChI is InChI=1S/C9H13N3O2/c1-14-9(13)6-4-2-3-5-7(6)11-12-8(5)10/h6H,2-4H2,1H3,(H3,10,11,12). The van der Waals surface area contributed by atoms with E-state index in [0.29, 0.717) is 5.82 Å². The summed E-state index contributed by atoms with van der Waals surface area (Å²) >= 11 is 0. The van der Waals surface area contributed by atoms with Crippen LogP contribution in [0.25, 0.3) is 0 Å². The van der Waals surface area contributed by atoms with Crippen LogP contribution in [0.4, 0.5) is 5.82 Å². The van der Waals surface area contributed by atoms with E-state index in [-0.39, 0.29) is 11.9 Å². The van der Waals surface area contributed by atoms with Gasteiger partial charge in [0, 0.05) is 5.56 Å². The fourth-order valence-electron chi connectivity index (χ4n) is 1.95. The van der Waals surface area contributed by atoms with Crippen molar-refractivity contribution >= 4 is 11.8 Å². The Hall–Kier alpha value is -1.52. The molecule has 0 aliphatic heterocycles. The number of fused-ring (bicyclic) bond motifs is 1. The lowest BCUT2D eigenvalue weighted by Gasteiger charge is -2.19. The Labute approximate surface area is 81.6 Å². The van der Waals surface area contributed by atoms with Crippen molar-refractivity contribution in [3.63, 3.8) is 0 Å². The number of aromatic nitrogens is 2. The zero-order valence-electron chi connectivity index (χ0n) is 8.04. The predicted octanol–water partition coefficient (Wildman–Crippen LogP) is 0.585. The van der Waals surface area contributed by atoms with Crippen LogP contribution in [0.15, 0.2) is 0 Å². The van der Waals surface area contributed by atoms with Gasteiger partial charge < -0.3 is 10.5 Å². The van der Waals surface area contributed by atoms with E-state index in [1.807, 2.05) is 0 Å². The van der Waals surface area contributed by atoms with E-state index >= 15 is 0 Å². The summed E-state index contributed by atoms with van der Waals surface area (Å²) in [5.41, 5.74) is 7.48. The highest BCUT2D eigenvalue weighted by Crippen LogP contribution is 2.33. The number of carbonyl (C=O) groups excluding carboxylic acids is 1. The molecule has 0 radical (unpaired) electrons. The molecule has 1 aliphatic rings. The van der Waals surface area contributed by atoms with E-state index in [1.54, 1.807) is 0 Å². The summed E-state index contributed by atoms with van der Waals surface area (Å²) in [5, 5.41) is 6.73. The maximum Gasteiger partial charge on any atom is 0.314 e. The molecule has 5 nitrogen and oxygen atoms in total. The number of carbonyl (C=O) groups is 1. The molecule has 76 valence electrons. The van der Waals surface area contributed by atoms with Crippen LogP contribution in [-0.4, -0.2) is 23.3 Å². The number of nitrogens with zero attached hydrogens (tertiary/aromatic N) is 1. The van der Waals surface area contributed by atoms with Gasteiger partial charge in [0.1, 0.15) is 5.82 Å². The van der Waals surface area contributed by atoms with Crippen LogP contribution < -0.4 is 5.73 Å². The largest absolute Gasteiger partial charge is 0.469 e. The van der Waals surface area contributed by atoms with E-state index in [1.165, 1.54) is 7.11 Å². The summed E-state index contributed by atoms with van der Waals surface area (Å²) in [4.78, 5) is 11.4. The summed E-state index contributed by atoms with van der Waals surface area (Å²) in [7, 11) is 1.40. The Morgan fingerprint density at radius 1 is 1.71 bits per heavy atom. The number of ether oxygens (including phenoxy) is 1. The summed E-state index contributed by atoms with van der Waals surface area (Å²) in [5.74, 6) is 0.0803. The average molecular weight is 195 g/mol. The Morgan fingerprint density at radius 3 is 3.21 bits per heavy atom. The van der Waals surface area contributed by atoms with E-state index < -0.39 is 0 Å².